The maximum atomic E-state index is 13.4. The van der Waals surface area contributed by atoms with Crippen molar-refractivity contribution in [1.29, 1.82) is 0 Å². The maximum Gasteiger partial charge on any atom is 0.194 e. The molecular weight excluding hydrogens is 267 g/mol. The van der Waals surface area contributed by atoms with Crippen molar-refractivity contribution in [2.75, 3.05) is 0 Å². The molecule has 0 heterocycles. The molecule has 0 fully saturated rings. The van der Waals surface area contributed by atoms with Crippen molar-refractivity contribution in [2.45, 2.75) is 6.10 Å². The predicted octanol–water partition coefficient (Wildman–Crippen LogP) is 3.46. The number of rotatable bonds is 2. The van der Waals surface area contributed by atoms with Gasteiger partial charge in [0, 0.05) is 5.56 Å². The van der Waals surface area contributed by atoms with E-state index in [0.717, 1.165) is 12.1 Å². The van der Waals surface area contributed by atoms with Crippen molar-refractivity contribution in [3.63, 3.8) is 0 Å². The quantitative estimate of drug-likeness (QED) is 0.656. The lowest BCUT2D eigenvalue weighted by atomic mass is 10.0. The number of aliphatic hydroxyl groups is 1. The monoisotopic (exact) mass is 274 g/mol. The molecule has 100 valence electrons. The van der Waals surface area contributed by atoms with E-state index in [1.807, 2.05) is 0 Å². The predicted molar refractivity (Wildman–Crippen MR) is 56.7 cm³/mol. The van der Waals surface area contributed by atoms with E-state index in [0.29, 0.717) is 18.2 Å². The summed E-state index contributed by atoms with van der Waals surface area (Å²) in [7, 11) is 0. The van der Waals surface area contributed by atoms with Crippen molar-refractivity contribution >= 4 is 0 Å². The topological polar surface area (TPSA) is 20.2 Å². The Labute approximate surface area is 104 Å². The largest absolute Gasteiger partial charge is 0.384 e. The fourth-order valence-corrected chi connectivity index (χ4v) is 1.64. The summed E-state index contributed by atoms with van der Waals surface area (Å²) in [5, 5.41) is 9.77. The maximum absolute atomic E-state index is 13.4. The SMILES string of the molecule is OC(c1cc(F)c(F)c(F)c1)c1cc(F)ccc1F. The van der Waals surface area contributed by atoms with Gasteiger partial charge in [-0.1, -0.05) is 0 Å². The van der Waals surface area contributed by atoms with E-state index < -0.39 is 46.3 Å². The molecule has 0 saturated carbocycles. The van der Waals surface area contributed by atoms with Gasteiger partial charge in [-0.2, -0.15) is 0 Å². The molecule has 0 saturated heterocycles. The molecule has 1 unspecified atom stereocenters. The van der Waals surface area contributed by atoms with Gasteiger partial charge in [-0.3, -0.25) is 0 Å². The first-order valence-electron chi connectivity index (χ1n) is 5.17. The molecule has 2 rings (SSSR count). The lowest BCUT2D eigenvalue weighted by Crippen LogP contribution is -2.05. The van der Waals surface area contributed by atoms with Crippen LogP contribution in [-0.2, 0) is 0 Å². The molecule has 0 radical (unpaired) electrons. The van der Waals surface area contributed by atoms with Crippen LogP contribution in [0.25, 0.3) is 0 Å². The standard InChI is InChI=1S/C13H7F5O/c14-7-1-2-9(15)8(5-7)13(19)6-3-10(16)12(18)11(17)4-6/h1-5,13,19H. The molecule has 0 spiro atoms. The number of aliphatic hydroxyl groups excluding tert-OH is 1. The molecule has 0 aliphatic heterocycles. The summed E-state index contributed by atoms with van der Waals surface area (Å²) in [5.41, 5.74) is -0.911. The first-order chi connectivity index (χ1) is 8.90. The van der Waals surface area contributed by atoms with Gasteiger partial charge in [0.25, 0.3) is 0 Å². The highest BCUT2D eigenvalue weighted by molar-refractivity contribution is 5.32. The third-order valence-corrected chi connectivity index (χ3v) is 2.57. The Morgan fingerprint density at radius 1 is 0.789 bits per heavy atom. The molecule has 2 aromatic carbocycles. The van der Waals surface area contributed by atoms with Crippen molar-refractivity contribution in [3.05, 3.63) is 70.5 Å². The molecule has 0 bridgehead atoms. The van der Waals surface area contributed by atoms with E-state index >= 15 is 0 Å². The zero-order valence-electron chi connectivity index (χ0n) is 9.30. The molecule has 0 aliphatic rings. The Hall–Kier alpha value is -1.95. The van der Waals surface area contributed by atoms with Gasteiger partial charge in [-0.25, -0.2) is 22.0 Å². The zero-order chi connectivity index (χ0) is 14.2. The summed E-state index contributed by atoms with van der Waals surface area (Å²) in [5.74, 6) is -6.51. The molecule has 1 nitrogen and oxygen atoms in total. The van der Waals surface area contributed by atoms with Crippen LogP contribution in [0.2, 0.25) is 0 Å². The van der Waals surface area contributed by atoms with E-state index in [-0.39, 0.29) is 0 Å². The minimum absolute atomic E-state index is 0.416. The summed E-state index contributed by atoms with van der Waals surface area (Å²) in [4.78, 5) is 0. The van der Waals surface area contributed by atoms with Gasteiger partial charge in [0.15, 0.2) is 17.5 Å². The van der Waals surface area contributed by atoms with E-state index in [2.05, 4.69) is 0 Å². The second-order valence-electron chi connectivity index (χ2n) is 3.87. The molecule has 0 aliphatic carbocycles. The number of hydrogen-bond donors (Lipinski definition) is 1. The van der Waals surface area contributed by atoms with Crippen LogP contribution >= 0.6 is 0 Å². The molecule has 0 amide bonds. The number of benzene rings is 2. The Balaban J connectivity index is 2.49. The van der Waals surface area contributed by atoms with Crippen molar-refractivity contribution in [2.24, 2.45) is 0 Å². The van der Waals surface area contributed by atoms with Crippen LogP contribution < -0.4 is 0 Å². The zero-order valence-corrected chi connectivity index (χ0v) is 9.30. The first kappa shape index (κ1) is 13.5. The van der Waals surface area contributed by atoms with Crippen molar-refractivity contribution in [3.8, 4) is 0 Å². The van der Waals surface area contributed by atoms with Crippen molar-refractivity contribution < 1.29 is 27.1 Å². The van der Waals surface area contributed by atoms with Crippen LogP contribution in [0, 0.1) is 29.1 Å². The second kappa shape index (κ2) is 4.97. The van der Waals surface area contributed by atoms with Gasteiger partial charge < -0.3 is 5.11 Å². The molecule has 0 aromatic heterocycles. The van der Waals surface area contributed by atoms with E-state index in [1.54, 1.807) is 0 Å². The third kappa shape index (κ3) is 2.58. The smallest absolute Gasteiger partial charge is 0.194 e. The summed E-state index contributed by atoms with van der Waals surface area (Å²) in [6, 6.07) is 3.33. The number of halogens is 5. The van der Waals surface area contributed by atoms with Gasteiger partial charge in [0.05, 0.1) is 0 Å². The summed E-state index contributed by atoms with van der Waals surface area (Å²) in [6.07, 6.45) is -1.81. The molecule has 1 N–H and O–H groups in total. The van der Waals surface area contributed by atoms with Gasteiger partial charge in [0.1, 0.15) is 17.7 Å². The molecule has 1 atom stereocenters. The minimum Gasteiger partial charge on any atom is -0.384 e. The normalized spacial score (nSPS) is 12.5. The fourth-order valence-electron chi connectivity index (χ4n) is 1.64. The average Bonchev–Trinajstić information content (AvgIpc) is 2.37. The Morgan fingerprint density at radius 2 is 1.37 bits per heavy atom. The molecule has 6 heteroatoms. The molecule has 2 aromatic rings. The van der Waals surface area contributed by atoms with E-state index in [9.17, 15) is 27.1 Å². The van der Waals surface area contributed by atoms with E-state index in [1.165, 1.54) is 0 Å². The fraction of sp³-hybridized carbons (Fsp3) is 0.0769. The first-order valence-corrected chi connectivity index (χ1v) is 5.17. The Kier molecular flexibility index (Phi) is 3.53. The van der Waals surface area contributed by atoms with Crippen LogP contribution in [-0.4, -0.2) is 5.11 Å². The lowest BCUT2D eigenvalue weighted by Gasteiger charge is -2.13. The van der Waals surface area contributed by atoms with Crippen LogP contribution in [0.1, 0.15) is 17.2 Å². The lowest BCUT2D eigenvalue weighted by molar-refractivity contribution is 0.212. The second-order valence-corrected chi connectivity index (χ2v) is 3.87. The summed E-state index contributed by atoms with van der Waals surface area (Å²) in [6.45, 7) is 0. The highest BCUT2D eigenvalue weighted by atomic mass is 19.2. The highest BCUT2D eigenvalue weighted by Crippen LogP contribution is 2.27. The summed E-state index contributed by atoms with van der Waals surface area (Å²) >= 11 is 0. The highest BCUT2D eigenvalue weighted by Gasteiger charge is 2.20. The molecule has 19 heavy (non-hydrogen) atoms. The minimum atomic E-state index is -1.81. The van der Waals surface area contributed by atoms with Gasteiger partial charge in [0.2, 0.25) is 0 Å². The van der Waals surface area contributed by atoms with Crippen LogP contribution in [0.3, 0.4) is 0 Å². The van der Waals surface area contributed by atoms with Gasteiger partial charge in [-0.05, 0) is 35.9 Å². The average molecular weight is 274 g/mol. The summed E-state index contributed by atoms with van der Waals surface area (Å²) < 4.78 is 65.1. The van der Waals surface area contributed by atoms with Gasteiger partial charge >= 0.3 is 0 Å². The van der Waals surface area contributed by atoms with Crippen LogP contribution in [0.15, 0.2) is 30.3 Å². The van der Waals surface area contributed by atoms with Crippen LogP contribution in [0.5, 0.6) is 0 Å². The Morgan fingerprint density at radius 3 is 1.95 bits per heavy atom. The molecular formula is C13H7F5O. The van der Waals surface area contributed by atoms with E-state index in [4.69, 9.17) is 0 Å². The van der Waals surface area contributed by atoms with Gasteiger partial charge in [-0.15, -0.1) is 0 Å². The van der Waals surface area contributed by atoms with Crippen LogP contribution in [0.4, 0.5) is 22.0 Å². The Bertz CT molecular complexity index is 603. The number of hydrogen-bond acceptors (Lipinski definition) is 1. The third-order valence-electron chi connectivity index (χ3n) is 2.57. The van der Waals surface area contributed by atoms with Crippen molar-refractivity contribution in [1.82, 2.24) is 0 Å².